The van der Waals surface area contributed by atoms with Gasteiger partial charge in [0.15, 0.2) is 0 Å². The molecule has 6 heteroatoms. The molecule has 29 heavy (non-hydrogen) atoms. The summed E-state index contributed by atoms with van der Waals surface area (Å²) in [6.07, 6.45) is 5.58. The summed E-state index contributed by atoms with van der Waals surface area (Å²) in [5.74, 6) is 0.217. The Morgan fingerprint density at radius 1 is 1.21 bits per heavy atom. The van der Waals surface area contributed by atoms with E-state index in [-0.39, 0.29) is 11.2 Å². The number of phenolic OH excluding ortho intramolecular Hbond substituents is 1. The third kappa shape index (κ3) is 3.43. The first-order chi connectivity index (χ1) is 14.0. The third-order valence-electron chi connectivity index (χ3n) is 5.04. The summed E-state index contributed by atoms with van der Waals surface area (Å²) < 4.78 is 7.63. The molecule has 0 aliphatic rings. The molecule has 0 atom stereocenters. The van der Waals surface area contributed by atoms with Crippen molar-refractivity contribution in [2.24, 2.45) is 0 Å². The quantitative estimate of drug-likeness (QED) is 0.549. The number of nitrogens with one attached hydrogen (secondary N) is 1. The van der Waals surface area contributed by atoms with Gasteiger partial charge < -0.3 is 14.4 Å². The zero-order valence-electron chi connectivity index (χ0n) is 16.8. The van der Waals surface area contributed by atoms with Gasteiger partial charge >= 0.3 is 0 Å². The van der Waals surface area contributed by atoms with Crippen LogP contribution >= 0.6 is 0 Å². The molecule has 0 spiro atoms. The molecule has 2 aromatic heterocycles. The minimum atomic E-state index is -0.122. The molecular weight excluding hydrogens is 366 g/mol. The van der Waals surface area contributed by atoms with Crippen LogP contribution in [0.4, 0.5) is 0 Å². The lowest BCUT2D eigenvalue weighted by Gasteiger charge is -2.14. The zero-order valence-corrected chi connectivity index (χ0v) is 16.8. The molecule has 0 unspecified atom stereocenters. The number of rotatable bonds is 5. The molecule has 0 fully saturated rings. The number of aryl methyl sites for hydroxylation is 1. The van der Waals surface area contributed by atoms with Crippen molar-refractivity contribution in [2.75, 3.05) is 14.1 Å². The molecule has 0 amide bonds. The van der Waals surface area contributed by atoms with Crippen LogP contribution in [-0.2, 0) is 13.0 Å². The Morgan fingerprint density at radius 2 is 1.97 bits per heavy atom. The normalized spacial score (nSPS) is 11.4. The number of phenols is 1. The van der Waals surface area contributed by atoms with Crippen molar-refractivity contribution >= 4 is 11.0 Å². The topological polar surface area (TPSA) is 72.7 Å². The van der Waals surface area contributed by atoms with E-state index in [1.54, 1.807) is 16.9 Å². The average molecular weight is 390 g/mol. The van der Waals surface area contributed by atoms with E-state index in [0.29, 0.717) is 40.6 Å². The minimum Gasteiger partial charge on any atom is -0.507 e. The Hall–Kier alpha value is -3.38. The van der Waals surface area contributed by atoms with E-state index < -0.39 is 0 Å². The number of aromatic hydroxyl groups is 1. The first-order valence-electron chi connectivity index (χ1n) is 9.68. The number of fused-ring (bicyclic) bond motifs is 1. The van der Waals surface area contributed by atoms with Crippen molar-refractivity contribution < 1.29 is 14.4 Å². The van der Waals surface area contributed by atoms with Crippen LogP contribution in [0.2, 0.25) is 0 Å². The Balaban J connectivity index is 1.88. The van der Waals surface area contributed by atoms with E-state index in [4.69, 9.17) is 4.42 Å². The molecule has 2 heterocycles. The highest BCUT2D eigenvalue weighted by Gasteiger charge is 2.20. The molecule has 4 aromatic rings. The number of hydrogen-bond donors (Lipinski definition) is 2. The first-order valence-corrected chi connectivity index (χ1v) is 9.68. The molecule has 148 valence electrons. The molecule has 0 saturated heterocycles. The van der Waals surface area contributed by atoms with Gasteiger partial charge in [0.2, 0.25) is 5.43 Å². The monoisotopic (exact) mass is 390 g/mol. The summed E-state index contributed by atoms with van der Waals surface area (Å²) >= 11 is 0. The van der Waals surface area contributed by atoms with Gasteiger partial charge in [0.05, 0.1) is 42.5 Å². The molecule has 0 aliphatic heterocycles. The Kier molecular flexibility index (Phi) is 4.94. The summed E-state index contributed by atoms with van der Waals surface area (Å²) in [6.45, 7) is 2.52. The largest absolute Gasteiger partial charge is 0.507 e. The maximum Gasteiger partial charge on any atom is 0.200 e. The van der Waals surface area contributed by atoms with Gasteiger partial charge in [-0.1, -0.05) is 25.1 Å². The van der Waals surface area contributed by atoms with Crippen molar-refractivity contribution in [3.63, 3.8) is 0 Å². The number of para-hydroxylation sites is 1. The minimum absolute atomic E-state index is 0.122. The van der Waals surface area contributed by atoms with Crippen molar-refractivity contribution in [2.45, 2.75) is 19.9 Å². The molecule has 0 radical (unpaired) electrons. The van der Waals surface area contributed by atoms with Crippen LogP contribution < -0.4 is 10.3 Å². The number of hydrogen-bond acceptors (Lipinski definition) is 4. The lowest BCUT2D eigenvalue weighted by molar-refractivity contribution is -0.872. The Morgan fingerprint density at radius 3 is 2.66 bits per heavy atom. The number of benzene rings is 2. The molecule has 4 rings (SSSR count). The van der Waals surface area contributed by atoms with Crippen LogP contribution in [0.1, 0.15) is 18.1 Å². The fourth-order valence-corrected chi connectivity index (χ4v) is 3.56. The summed E-state index contributed by atoms with van der Waals surface area (Å²) in [6, 6.07) is 11.5. The van der Waals surface area contributed by atoms with Crippen molar-refractivity contribution in [1.29, 1.82) is 0 Å². The molecule has 2 aromatic carbocycles. The molecule has 0 bridgehead atoms. The van der Waals surface area contributed by atoms with Crippen LogP contribution in [0.15, 0.2) is 64.3 Å². The predicted molar refractivity (Wildman–Crippen MR) is 113 cm³/mol. The molecule has 6 nitrogen and oxygen atoms in total. The highest BCUT2D eigenvalue weighted by Crippen LogP contribution is 2.31. The summed E-state index contributed by atoms with van der Waals surface area (Å²) in [7, 11) is 3.99. The van der Waals surface area contributed by atoms with Crippen molar-refractivity contribution in [3.8, 4) is 22.6 Å². The smallest absolute Gasteiger partial charge is 0.200 e. The highest BCUT2D eigenvalue weighted by atomic mass is 16.3. The zero-order chi connectivity index (χ0) is 20.5. The predicted octanol–water partition coefficient (Wildman–Crippen LogP) is 2.56. The van der Waals surface area contributed by atoms with E-state index in [9.17, 15) is 9.90 Å². The van der Waals surface area contributed by atoms with Gasteiger partial charge in [-0.2, -0.15) is 5.10 Å². The molecule has 0 aliphatic carbocycles. The second kappa shape index (κ2) is 7.56. The summed E-state index contributed by atoms with van der Waals surface area (Å²) in [5.41, 5.74) is 3.80. The van der Waals surface area contributed by atoms with E-state index in [1.807, 2.05) is 57.5 Å². The number of aromatic nitrogens is 2. The fourth-order valence-electron chi connectivity index (χ4n) is 3.56. The van der Waals surface area contributed by atoms with Gasteiger partial charge in [-0.15, -0.1) is 0 Å². The van der Waals surface area contributed by atoms with Gasteiger partial charge in [0.1, 0.15) is 24.1 Å². The highest BCUT2D eigenvalue weighted by molar-refractivity contribution is 5.86. The van der Waals surface area contributed by atoms with Crippen LogP contribution in [-0.4, -0.2) is 29.0 Å². The van der Waals surface area contributed by atoms with Crippen LogP contribution in [0.25, 0.3) is 27.8 Å². The van der Waals surface area contributed by atoms with Crippen LogP contribution in [0, 0.1) is 0 Å². The molecule has 0 saturated carbocycles. The van der Waals surface area contributed by atoms with Gasteiger partial charge in [-0.25, -0.2) is 4.68 Å². The standard InChI is InChI=1S/C23H23N3O3/c1-4-15-10-18-22(28)20(14-29-23(18)19(21(15)27)13-25(2)3)16-11-24-26(12-16)17-8-6-5-7-9-17/h5-12,14,27H,4,13H2,1-3H3/p+1. The Bertz CT molecular complexity index is 1220. The van der Waals surface area contributed by atoms with Gasteiger partial charge in [-0.3, -0.25) is 4.79 Å². The van der Waals surface area contributed by atoms with E-state index in [2.05, 4.69) is 5.10 Å². The first kappa shape index (κ1) is 19.0. The van der Waals surface area contributed by atoms with Crippen LogP contribution in [0.3, 0.4) is 0 Å². The van der Waals surface area contributed by atoms with E-state index in [1.165, 1.54) is 6.26 Å². The second-order valence-corrected chi connectivity index (χ2v) is 7.46. The second-order valence-electron chi connectivity index (χ2n) is 7.46. The Labute approximate surface area is 168 Å². The number of nitrogens with zero attached hydrogens (tertiary/aromatic N) is 2. The summed E-state index contributed by atoms with van der Waals surface area (Å²) in [5, 5.41) is 15.5. The average Bonchev–Trinajstić information content (AvgIpc) is 3.20. The van der Waals surface area contributed by atoms with Gasteiger partial charge in [-0.05, 0) is 30.2 Å². The lowest BCUT2D eigenvalue weighted by atomic mass is 10.00. The maximum absolute atomic E-state index is 13.3. The summed E-state index contributed by atoms with van der Waals surface area (Å²) in [4.78, 5) is 14.4. The molecular formula is C23H24N3O3+. The third-order valence-corrected chi connectivity index (χ3v) is 5.04. The SMILES string of the molecule is CCc1cc2c(=O)c(-c3cnn(-c4ccccc4)c3)coc2c(C[NH+](C)C)c1O. The maximum atomic E-state index is 13.3. The van der Waals surface area contributed by atoms with E-state index in [0.717, 1.165) is 16.2 Å². The van der Waals surface area contributed by atoms with Crippen LogP contribution in [0.5, 0.6) is 5.75 Å². The number of quaternary nitrogens is 1. The van der Waals surface area contributed by atoms with E-state index >= 15 is 0 Å². The van der Waals surface area contributed by atoms with Gasteiger partial charge in [0, 0.05) is 11.8 Å². The fraction of sp³-hybridized carbons (Fsp3) is 0.217. The van der Waals surface area contributed by atoms with Crippen molar-refractivity contribution in [3.05, 3.63) is 76.4 Å². The lowest BCUT2D eigenvalue weighted by Crippen LogP contribution is -3.04. The van der Waals surface area contributed by atoms with Gasteiger partial charge in [0.25, 0.3) is 0 Å². The molecule has 2 N–H and O–H groups in total. The van der Waals surface area contributed by atoms with Crippen molar-refractivity contribution in [1.82, 2.24) is 9.78 Å².